The van der Waals surface area contributed by atoms with Gasteiger partial charge in [-0.25, -0.2) is 0 Å². The Hall–Kier alpha value is -1.57. The predicted octanol–water partition coefficient (Wildman–Crippen LogP) is 4.23. The molecule has 1 N–H and O–H groups in total. The van der Waals surface area contributed by atoms with Crippen LogP contribution in [0.2, 0.25) is 0 Å². The van der Waals surface area contributed by atoms with Crippen LogP contribution in [0.5, 0.6) is 0 Å². The molecule has 0 saturated heterocycles. The average molecular weight is 240 g/mol. The average Bonchev–Trinajstić information content (AvgIpc) is 2.69. The molecule has 0 amide bonds. The van der Waals surface area contributed by atoms with Gasteiger partial charge in [-0.3, -0.25) is 4.98 Å². The highest BCUT2D eigenvalue weighted by molar-refractivity contribution is 5.91. The van der Waals surface area contributed by atoms with E-state index in [1.54, 1.807) is 0 Å². The largest absolute Gasteiger partial charge is 0.382 e. The summed E-state index contributed by atoms with van der Waals surface area (Å²) < 4.78 is 0. The summed E-state index contributed by atoms with van der Waals surface area (Å²) in [7, 11) is 0. The lowest BCUT2D eigenvalue weighted by Gasteiger charge is -2.19. The van der Waals surface area contributed by atoms with E-state index in [2.05, 4.69) is 48.4 Å². The molecule has 1 atom stereocenters. The molecule has 2 nitrogen and oxygen atoms in total. The number of nitrogens with one attached hydrogen (secondary N) is 1. The lowest BCUT2D eigenvalue weighted by molar-refractivity contribution is 0.378. The van der Waals surface area contributed by atoms with Crippen molar-refractivity contribution in [3.8, 4) is 0 Å². The third-order valence-electron chi connectivity index (χ3n) is 3.97. The minimum Gasteiger partial charge on any atom is -0.382 e. The summed E-state index contributed by atoms with van der Waals surface area (Å²) >= 11 is 0. The van der Waals surface area contributed by atoms with E-state index < -0.39 is 0 Å². The Morgan fingerprint density at radius 3 is 2.89 bits per heavy atom. The van der Waals surface area contributed by atoms with Crippen LogP contribution < -0.4 is 5.32 Å². The molecule has 1 saturated carbocycles. The zero-order valence-corrected chi connectivity index (χ0v) is 11.1. The second-order valence-corrected chi connectivity index (χ2v) is 6.12. The second-order valence-electron chi connectivity index (χ2n) is 6.12. The molecule has 1 aliphatic rings. The third-order valence-corrected chi connectivity index (χ3v) is 3.97. The molecule has 94 valence electrons. The van der Waals surface area contributed by atoms with E-state index in [9.17, 15) is 0 Å². The molecule has 2 heteroatoms. The molecule has 0 radical (unpaired) electrons. The SMILES string of the molecule is CC1(C)CCC(Nc2cccc3ncccc23)C1. The van der Waals surface area contributed by atoms with Crippen LogP contribution in [0.3, 0.4) is 0 Å². The van der Waals surface area contributed by atoms with Crippen molar-refractivity contribution in [3.05, 3.63) is 36.5 Å². The minimum absolute atomic E-state index is 0.487. The fraction of sp³-hybridized carbons (Fsp3) is 0.438. The standard InChI is InChI=1S/C16H20N2/c1-16(2)9-8-12(11-16)18-15-7-3-6-14-13(15)5-4-10-17-14/h3-7,10,12,18H,8-9,11H2,1-2H3. The van der Waals surface area contributed by atoms with Gasteiger partial charge in [0, 0.05) is 23.3 Å². The van der Waals surface area contributed by atoms with E-state index >= 15 is 0 Å². The van der Waals surface area contributed by atoms with E-state index in [1.807, 2.05) is 12.3 Å². The predicted molar refractivity (Wildman–Crippen MR) is 76.8 cm³/mol. The van der Waals surface area contributed by atoms with E-state index in [0.717, 1.165) is 5.52 Å². The lowest BCUT2D eigenvalue weighted by atomic mass is 9.92. The van der Waals surface area contributed by atoms with Crippen molar-refractivity contribution in [1.82, 2.24) is 4.98 Å². The first kappa shape index (κ1) is 11.5. The maximum Gasteiger partial charge on any atom is 0.0722 e. The summed E-state index contributed by atoms with van der Waals surface area (Å²) in [5, 5.41) is 4.93. The zero-order valence-electron chi connectivity index (χ0n) is 11.1. The number of rotatable bonds is 2. The van der Waals surface area contributed by atoms with Crippen molar-refractivity contribution in [3.63, 3.8) is 0 Å². The van der Waals surface area contributed by atoms with Crippen LogP contribution in [0.1, 0.15) is 33.1 Å². The summed E-state index contributed by atoms with van der Waals surface area (Å²) in [6, 6.07) is 11.1. The Balaban J connectivity index is 1.87. The summed E-state index contributed by atoms with van der Waals surface area (Å²) in [6.07, 6.45) is 5.69. The fourth-order valence-corrected chi connectivity index (χ4v) is 3.01. The molecule has 0 bridgehead atoms. The maximum atomic E-state index is 4.41. The second kappa shape index (κ2) is 4.27. The van der Waals surface area contributed by atoms with Crippen LogP contribution >= 0.6 is 0 Å². The van der Waals surface area contributed by atoms with Crippen LogP contribution in [0.4, 0.5) is 5.69 Å². The monoisotopic (exact) mass is 240 g/mol. The molecule has 18 heavy (non-hydrogen) atoms. The molecule has 1 fully saturated rings. The number of pyridine rings is 1. The first-order chi connectivity index (χ1) is 8.64. The molecule has 0 aliphatic heterocycles. The van der Waals surface area contributed by atoms with E-state index in [1.165, 1.54) is 30.3 Å². The van der Waals surface area contributed by atoms with Crippen LogP contribution in [-0.2, 0) is 0 Å². The normalized spacial score (nSPS) is 22.2. The number of hydrogen-bond acceptors (Lipinski definition) is 2. The van der Waals surface area contributed by atoms with Crippen LogP contribution in [0.25, 0.3) is 10.9 Å². The summed E-state index contributed by atoms with van der Waals surface area (Å²) in [6.45, 7) is 4.72. The zero-order chi connectivity index (χ0) is 12.6. The molecule has 2 aromatic rings. The number of anilines is 1. The summed E-state index contributed by atoms with van der Waals surface area (Å²) in [5.74, 6) is 0. The number of hydrogen-bond donors (Lipinski definition) is 1. The quantitative estimate of drug-likeness (QED) is 0.850. The fourth-order valence-electron chi connectivity index (χ4n) is 3.01. The van der Waals surface area contributed by atoms with Crippen molar-refractivity contribution >= 4 is 16.6 Å². The lowest BCUT2D eigenvalue weighted by Crippen LogP contribution is -2.17. The van der Waals surface area contributed by atoms with Gasteiger partial charge < -0.3 is 5.32 Å². The Bertz CT molecular complexity index is 555. The van der Waals surface area contributed by atoms with Gasteiger partial charge in [-0.1, -0.05) is 19.9 Å². The Labute approximate surface area is 108 Å². The van der Waals surface area contributed by atoms with Gasteiger partial charge in [0.15, 0.2) is 0 Å². The van der Waals surface area contributed by atoms with Gasteiger partial charge in [-0.2, -0.15) is 0 Å². The van der Waals surface area contributed by atoms with Crippen LogP contribution in [-0.4, -0.2) is 11.0 Å². The number of aromatic nitrogens is 1. The van der Waals surface area contributed by atoms with Crippen LogP contribution in [0, 0.1) is 5.41 Å². The van der Waals surface area contributed by atoms with Crippen molar-refractivity contribution < 1.29 is 0 Å². The molecule has 3 rings (SSSR count). The van der Waals surface area contributed by atoms with Gasteiger partial charge in [-0.15, -0.1) is 0 Å². The molecule has 0 spiro atoms. The Morgan fingerprint density at radius 2 is 2.11 bits per heavy atom. The van der Waals surface area contributed by atoms with Gasteiger partial charge in [0.1, 0.15) is 0 Å². The first-order valence-electron chi connectivity index (χ1n) is 6.74. The van der Waals surface area contributed by atoms with Gasteiger partial charge in [-0.05, 0) is 48.9 Å². The van der Waals surface area contributed by atoms with Gasteiger partial charge in [0.2, 0.25) is 0 Å². The van der Waals surface area contributed by atoms with E-state index in [4.69, 9.17) is 0 Å². The van der Waals surface area contributed by atoms with Crippen LogP contribution in [0.15, 0.2) is 36.5 Å². The van der Waals surface area contributed by atoms with Crippen molar-refractivity contribution in [2.24, 2.45) is 5.41 Å². The number of nitrogens with zero attached hydrogens (tertiary/aromatic N) is 1. The van der Waals surface area contributed by atoms with Gasteiger partial charge in [0.25, 0.3) is 0 Å². The molecule has 1 heterocycles. The van der Waals surface area contributed by atoms with Gasteiger partial charge >= 0.3 is 0 Å². The van der Waals surface area contributed by atoms with E-state index in [0.29, 0.717) is 11.5 Å². The molecule has 1 unspecified atom stereocenters. The van der Waals surface area contributed by atoms with Crippen molar-refractivity contribution in [1.29, 1.82) is 0 Å². The third kappa shape index (κ3) is 2.20. The highest BCUT2D eigenvalue weighted by atomic mass is 14.9. The Kier molecular flexibility index (Phi) is 2.73. The summed E-state index contributed by atoms with van der Waals surface area (Å²) in [4.78, 5) is 4.41. The highest BCUT2D eigenvalue weighted by Crippen LogP contribution is 2.38. The molecular weight excluding hydrogens is 220 g/mol. The van der Waals surface area contributed by atoms with Crippen molar-refractivity contribution in [2.45, 2.75) is 39.2 Å². The minimum atomic E-state index is 0.487. The molecule has 1 aromatic carbocycles. The number of benzene rings is 1. The Morgan fingerprint density at radius 1 is 1.22 bits per heavy atom. The number of fused-ring (bicyclic) bond motifs is 1. The van der Waals surface area contributed by atoms with Crippen molar-refractivity contribution in [2.75, 3.05) is 5.32 Å². The van der Waals surface area contributed by atoms with Gasteiger partial charge in [0.05, 0.1) is 5.52 Å². The molecule has 1 aromatic heterocycles. The topological polar surface area (TPSA) is 24.9 Å². The molecule has 1 aliphatic carbocycles. The summed E-state index contributed by atoms with van der Waals surface area (Å²) in [5.41, 5.74) is 2.78. The smallest absolute Gasteiger partial charge is 0.0722 e. The maximum absolute atomic E-state index is 4.41. The first-order valence-corrected chi connectivity index (χ1v) is 6.74. The van der Waals surface area contributed by atoms with E-state index in [-0.39, 0.29) is 0 Å². The molecular formula is C16H20N2. The highest BCUT2D eigenvalue weighted by Gasteiger charge is 2.30.